The van der Waals surface area contributed by atoms with Gasteiger partial charge in [0.25, 0.3) is 0 Å². The molecule has 2 atom stereocenters. The molecular weight excluding hydrogens is 463 g/mol. The maximum Gasteiger partial charge on any atom is 0.243 e. The fourth-order valence-corrected chi connectivity index (χ4v) is 4.69. The lowest BCUT2D eigenvalue weighted by atomic mass is 10.1. The number of hydrogen-bond acceptors (Lipinski definition) is 3. The van der Waals surface area contributed by atoms with Crippen molar-refractivity contribution in [1.82, 2.24) is 10.2 Å². The highest BCUT2D eigenvalue weighted by Gasteiger charge is 2.30. The Kier molecular flexibility index (Phi) is 11.4. The number of halogens is 2. The number of carbonyl (C=O) groups excluding carboxylic acids is 2. The van der Waals surface area contributed by atoms with E-state index in [1.165, 1.54) is 5.56 Å². The minimum atomic E-state index is -0.581. The molecule has 0 aliphatic heterocycles. The Morgan fingerprint density at radius 3 is 2.25 bits per heavy atom. The molecule has 0 heterocycles. The number of hydrogen-bond donors (Lipinski definition) is 1. The highest BCUT2D eigenvalue weighted by molar-refractivity contribution is 7.98. The fraction of sp³-hybridized carbons (Fsp3) is 0.440. The molecule has 2 aromatic carbocycles. The van der Waals surface area contributed by atoms with Gasteiger partial charge in [-0.2, -0.15) is 11.8 Å². The molecule has 0 fully saturated rings. The molecule has 4 nitrogen and oxygen atoms in total. The van der Waals surface area contributed by atoms with Gasteiger partial charge in [-0.25, -0.2) is 0 Å². The first-order valence-electron chi connectivity index (χ1n) is 11.0. The van der Waals surface area contributed by atoms with E-state index in [-0.39, 0.29) is 24.4 Å². The molecule has 7 heteroatoms. The highest BCUT2D eigenvalue weighted by Crippen LogP contribution is 2.27. The van der Waals surface area contributed by atoms with E-state index in [9.17, 15) is 9.59 Å². The van der Waals surface area contributed by atoms with E-state index in [2.05, 4.69) is 17.4 Å². The summed E-state index contributed by atoms with van der Waals surface area (Å²) in [6.45, 7) is 6.09. The van der Waals surface area contributed by atoms with Crippen LogP contribution in [0.1, 0.15) is 51.2 Å². The third-order valence-corrected chi connectivity index (χ3v) is 7.09. The van der Waals surface area contributed by atoms with Gasteiger partial charge in [0.2, 0.25) is 11.8 Å². The van der Waals surface area contributed by atoms with Gasteiger partial charge in [-0.3, -0.25) is 9.59 Å². The third kappa shape index (κ3) is 8.02. The van der Waals surface area contributed by atoms with Crippen molar-refractivity contribution in [3.63, 3.8) is 0 Å². The average Bonchev–Trinajstić information content (AvgIpc) is 2.78. The summed E-state index contributed by atoms with van der Waals surface area (Å²) in [5, 5.41) is 4.00. The standard InChI is InChI=1S/C25H32Cl2N2O2S/c1-4-18(3)28-25(31)23(5-2)29(16-20-21(26)12-9-13-22(20)27)24(30)14-15-32-17-19-10-7-6-8-11-19/h6-13,18,23H,4-5,14-17H2,1-3H3,(H,28,31)/t18-,23+/m0/s1. The fourth-order valence-electron chi connectivity index (χ4n) is 3.28. The van der Waals surface area contributed by atoms with Crippen LogP contribution in [0.5, 0.6) is 0 Å². The Morgan fingerprint density at radius 2 is 1.66 bits per heavy atom. The molecular formula is C25H32Cl2N2O2S. The molecule has 0 saturated heterocycles. The SMILES string of the molecule is CC[C@H](C(=O)N[C@@H](C)CC)N(Cc1c(Cl)cccc1Cl)C(=O)CCSCc1ccccc1. The number of benzene rings is 2. The molecule has 32 heavy (non-hydrogen) atoms. The first-order valence-corrected chi connectivity index (χ1v) is 12.9. The van der Waals surface area contributed by atoms with E-state index >= 15 is 0 Å². The first-order chi connectivity index (χ1) is 15.4. The summed E-state index contributed by atoms with van der Waals surface area (Å²) in [6.07, 6.45) is 1.67. The minimum Gasteiger partial charge on any atom is -0.352 e. The van der Waals surface area contributed by atoms with Crippen LogP contribution < -0.4 is 5.32 Å². The second-order valence-corrected chi connectivity index (χ2v) is 9.67. The molecule has 2 rings (SSSR count). The minimum absolute atomic E-state index is 0.0406. The highest BCUT2D eigenvalue weighted by atomic mass is 35.5. The van der Waals surface area contributed by atoms with Gasteiger partial charge in [0, 0.05) is 46.1 Å². The Bertz CT molecular complexity index is 859. The van der Waals surface area contributed by atoms with Crippen molar-refractivity contribution in [2.24, 2.45) is 0 Å². The lowest BCUT2D eigenvalue weighted by molar-refractivity contribution is -0.141. The van der Waals surface area contributed by atoms with Gasteiger partial charge in [0.15, 0.2) is 0 Å². The van der Waals surface area contributed by atoms with Gasteiger partial charge in [0.05, 0.1) is 0 Å². The van der Waals surface area contributed by atoms with Crippen LogP contribution >= 0.6 is 35.0 Å². The summed E-state index contributed by atoms with van der Waals surface area (Å²) in [6, 6.07) is 14.9. The van der Waals surface area contributed by atoms with Crippen LogP contribution in [0.2, 0.25) is 10.0 Å². The van der Waals surface area contributed by atoms with Crippen molar-refractivity contribution in [3.05, 3.63) is 69.7 Å². The molecule has 0 spiro atoms. The monoisotopic (exact) mass is 494 g/mol. The van der Waals surface area contributed by atoms with E-state index in [1.807, 2.05) is 39.0 Å². The Hall–Kier alpha value is -1.69. The van der Waals surface area contributed by atoms with E-state index in [0.717, 1.165) is 12.2 Å². The molecule has 174 valence electrons. The summed E-state index contributed by atoms with van der Waals surface area (Å²) in [7, 11) is 0. The molecule has 0 unspecified atom stereocenters. The van der Waals surface area contributed by atoms with Crippen molar-refractivity contribution in [2.45, 2.75) is 64.4 Å². The summed E-state index contributed by atoms with van der Waals surface area (Å²) < 4.78 is 0. The zero-order valence-electron chi connectivity index (χ0n) is 18.9. The number of nitrogens with one attached hydrogen (secondary N) is 1. The van der Waals surface area contributed by atoms with Crippen molar-refractivity contribution in [1.29, 1.82) is 0 Å². The van der Waals surface area contributed by atoms with Crippen molar-refractivity contribution >= 4 is 46.8 Å². The van der Waals surface area contributed by atoms with Gasteiger partial charge in [-0.15, -0.1) is 0 Å². The molecule has 0 aliphatic carbocycles. The lowest BCUT2D eigenvalue weighted by Crippen LogP contribution is -2.50. The zero-order valence-corrected chi connectivity index (χ0v) is 21.3. The van der Waals surface area contributed by atoms with Gasteiger partial charge in [-0.1, -0.05) is 73.4 Å². The van der Waals surface area contributed by atoms with E-state index < -0.39 is 6.04 Å². The molecule has 0 bridgehead atoms. The predicted molar refractivity (Wildman–Crippen MR) is 136 cm³/mol. The molecule has 1 N–H and O–H groups in total. The summed E-state index contributed by atoms with van der Waals surface area (Å²) in [4.78, 5) is 27.9. The zero-order chi connectivity index (χ0) is 23.5. The topological polar surface area (TPSA) is 49.4 Å². The second kappa shape index (κ2) is 13.8. The van der Waals surface area contributed by atoms with Crippen molar-refractivity contribution in [2.75, 3.05) is 5.75 Å². The second-order valence-electron chi connectivity index (χ2n) is 7.75. The smallest absolute Gasteiger partial charge is 0.243 e. The maximum absolute atomic E-state index is 13.3. The van der Waals surface area contributed by atoms with Crippen LogP contribution in [0.3, 0.4) is 0 Å². The Labute approximate surface area is 206 Å². The summed E-state index contributed by atoms with van der Waals surface area (Å²) >= 11 is 14.5. The Morgan fingerprint density at radius 1 is 1.00 bits per heavy atom. The summed E-state index contributed by atoms with van der Waals surface area (Å²) in [5.74, 6) is 1.29. The molecule has 2 aromatic rings. The number of amides is 2. The predicted octanol–water partition coefficient (Wildman–Crippen LogP) is 6.34. The van der Waals surface area contributed by atoms with Crippen molar-refractivity contribution in [3.8, 4) is 0 Å². The van der Waals surface area contributed by atoms with Crippen LogP contribution in [0.4, 0.5) is 0 Å². The first kappa shape index (κ1) is 26.6. The lowest BCUT2D eigenvalue weighted by Gasteiger charge is -2.32. The van der Waals surface area contributed by atoms with Crippen molar-refractivity contribution < 1.29 is 9.59 Å². The molecule has 2 amide bonds. The van der Waals surface area contributed by atoms with E-state index in [1.54, 1.807) is 34.9 Å². The number of thioether (sulfide) groups is 1. The number of carbonyl (C=O) groups is 2. The number of rotatable bonds is 12. The number of nitrogens with zero attached hydrogens (tertiary/aromatic N) is 1. The Balaban J connectivity index is 2.14. The molecule has 0 aliphatic rings. The quantitative estimate of drug-likeness (QED) is 0.350. The summed E-state index contributed by atoms with van der Waals surface area (Å²) in [5.41, 5.74) is 1.89. The van der Waals surface area contributed by atoms with E-state index in [0.29, 0.717) is 34.2 Å². The third-order valence-electron chi connectivity index (χ3n) is 5.35. The van der Waals surface area contributed by atoms with Gasteiger partial charge >= 0.3 is 0 Å². The van der Waals surface area contributed by atoms with Crippen LogP contribution in [0.15, 0.2) is 48.5 Å². The largest absolute Gasteiger partial charge is 0.352 e. The van der Waals surface area contributed by atoms with Gasteiger partial charge in [-0.05, 0) is 37.5 Å². The molecule has 0 radical (unpaired) electrons. The van der Waals surface area contributed by atoms with Crippen LogP contribution in [-0.4, -0.2) is 34.6 Å². The average molecular weight is 496 g/mol. The van der Waals surface area contributed by atoms with Gasteiger partial charge in [0.1, 0.15) is 6.04 Å². The molecule has 0 aromatic heterocycles. The van der Waals surface area contributed by atoms with Gasteiger partial charge < -0.3 is 10.2 Å². The molecule has 0 saturated carbocycles. The van der Waals surface area contributed by atoms with Crippen LogP contribution in [-0.2, 0) is 21.9 Å². The maximum atomic E-state index is 13.3. The van der Waals surface area contributed by atoms with Crippen LogP contribution in [0.25, 0.3) is 0 Å². The van der Waals surface area contributed by atoms with E-state index in [4.69, 9.17) is 23.2 Å². The van der Waals surface area contributed by atoms with Crippen LogP contribution in [0, 0.1) is 0 Å². The normalized spacial score (nSPS) is 12.8.